The molecule has 2 N–H and O–H groups in total. The number of rotatable bonds is 9. The summed E-state index contributed by atoms with van der Waals surface area (Å²) in [6.07, 6.45) is -4.57. The lowest BCUT2D eigenvalue weighted by molar-refractivity contribution is -0.137. The van der Waals surface area contributed by atoms with Crippen LogP contribution in [0.25, 0.3) is 0 Å². The van der Waals surface area contributed by atoms with Gasteiger partial charge in [0.25, 0.3) is 0 Å². The molecule has 0 unspecified atom stereocenters. The summed E-state index contributed by atoms with van der Waals surface area (Å²) in [6, 6.07) is 14.5. The Labute approximate surface area is 194 Å². The largest absolute Gasteiger partial charge is 0.418 e. The number of alkyl halides is 3. The zero-order chi connectivity index (χ0) is 23.0. The molecule has 0 aliphatic carbocycles. The van der Waals surface area contributed by atoms with Gasteiger partial charge in [0.1, 0.15) is 0 Å². The molecule has 1 heterocycles. The number of nitrogens with one attached hydrogen (secondary N) is 2. The van der Waals surface area contributed by atoms with Gasteiger partial charge in [0, 0.05) is 5.75 Å². The first-order valence-electron chi connectivity index (χ1n) is 9.15. The van der Waals surface area contributed by atoms with Crippen LogP contribution in [0.2, 0.25) is 0 Å². The van der Waals surface area contributed by atoms with E-state index in [0.717, 1.165) is 34.7 Å². The average Bonchev–Trinajstić information content (AvgIpc) is 3.20. The summed E-state index contributed by atoms with van der Waals surface area (Å²) in [7, 11) is 0. The summed E-state index contributed by atoms with van der Waals surface area (Å²) in [5.41, 5.74) is -0.0933. The van der Waals surface area contributed by atoms with Crippen LogP contribution in [-0.2, 0) is 21.5 Å². The first-order valence-corrected chi connectivity index (χ1v) is 12.1. The first-order chi connectivity index (χ1) is 15.3. The zero-order valence-corrected chi connectivity index (χ0v) is 18.8. The van der Waals surface area contributed by atoms with Crippen molar-refractivity contribution in [3.63, 3.8) is 0 Å². The van der Waals surface area contributed by atoms with Crippen LogP contribution >= 0.6 is 34.9 Å². The number of carbonyl (C=O) groups excluding carboxylic acids is 2. The molecule has 0 radical (unpaired) electrons. The maximum absolute atomic E-state index is 13.0. The highest BCUT2D eigenvalue weighted by atomic mass is 32.2. The van der Waals surface area contributed by atoms with Crippen molar-refractivity contribution in [1.29, 1.82) is 0 Å². The normalized spacial score (nSPS) is 11.2. The lowest BCUT2D eigenvalue weighted by atomic mass is 10.1. The van der Waals surface area contributed by atoms with Gasteiger partial charge in [-0.2, -0.15) is 13.2 Å². The minimum absolute atomic E-state index is 0.151. The number of thioether (sulfide) groups is 2. The van der Waals surface area contributed by atoms with E-state index in [1.807, 2.05) is 30.3 Å². The van der Waals surface area contributed by atoms with Crippen LogP contribution in [0.15, 0.2) is 58.9 Å². The molecule has 0 saturated heterocycles. The minimum Gasteiger partial charge on any atom is -0.325 e. The summed E-state index contributed by atoms with van der Waals surface area (Å²) in [5.74, 6) is -0.0255. The maximum atomic E-state index is 13.0. The number of halogens is 3. The number of aromatic nitrogens is 2. The van der Waals surface area contributed by atoms with Gasteiger partial charge < -0.3 is 5.32 Å². The van der Waals surface area contributed by atoms with E-state index in [-0.39, 0.29) is 23.1 Å². The molecular formula is C20H17F3N4O2S3. The quantitative estimate of drug-likeness (QED) is 0.313. The third-order valence-corrected chi connectivity index (χ3v) is 6.81. The molecule has 3 aromatic rings. The summed E-state index contributed by atoms with van der Waals surface area (Å²) >= 11 is 3.57. The SMILES string of the molecule is O=C(CSCc1ccccc1)Nc1nnc(SCC(=O)Nc2ccccc2C(F)(F)F)s1. The average molecular weight is 499 g/mol. The highest BCUT2D eigenvalue weighted by Gasteiger charge is 2.33. The molecule has 0 aliphatic heterocycles. The van der Waals surface area contributed by atoms with Gasteiger partial charge in [-0.25, -0.2) is 0 Å². The minimum atomic E-state index is -4.57. The molecular weight excluding hydrogens is 481 g/mol. The number of anilines is 2. The molecule has 0 fully saturated rings. The van der Waals surface area contributed by atoms with E-state index in [2.05, 4.69) is 20.8 Å². The summed E-state index contributed by atoms with van der Waals surface area (Å²) in [6.45, 7) is 0. The van der Waals surface area contributed by atoms with Crippen molar-refractivity contribution in [2.75, 3.05) is 22.1 Å². The third-order valence-electron chi connectivity index (χ3n) is 3.83. The Hall–Kier alpha value is -2.57. The fourth-order valence-electron chi connectivity index (χ4n) is 2.46. The van der Waals surface area contributed by atoms with Gasteiger partial charge >= 0.3 is 6.18 Å². The molecule has 0 spiro atoms. The summed E-state index contributed by atoms with van der Waals surface area (Å²) in [5, 5.41) is 12.9. The molecule has 0 atom stereocenters. The van der Waals surface area contributed by atoms with Crippen LogP contribution in [0.4, 0.5) is 24.0 Å². The van der Waals surface area contributed by atoms with Gasteiger partial charge in [-0.1, -0.05) is 65.6 Å². The van der Waals surface area contributed by atoms with Gasteiger partial charge in [0.15, 0.2) is 4.34 Å². The van der Waals surface area contributed by atoms with Gasteiger partial charge in [-0.3, -0.25) is 14.9 Å². The standard InChI is InChI=1S/C20H17F3N4O2S3/c21-20(22,23)14-8-4-5-9-15(14)24-17(29)12-31-19-27-26-18(32-19)25-16(28)11-30-10-13-6-2-1-3-7-13/h1-9H,10-12H2,(H,24,29)(H,25,26,28). The molecule has 0 saturated carbocycles. The van der Waals surface area contributed by atoms with E-state index in [9.17, 15) is 22.8 Å². The summed E-state index contributed by atoms with van der Waals surface area (Å²) < 4.78 is 39.4. The second kappa shape index (κ2) is 11.3. The third kappa shape index (κ3) is 7.53. The first kappa shape index (κ1) is 24.1. The molecule has 2 amide bonds. The second-order valence-corrected chi connectivity index (χ2v) is 9.47. The van der Waals surface area contributed by atoms with E-state index >= 15 is 0 Å². The fraction of sp³-hybridized carbons (Fsp3) is 0.200. The molecule has 0 aliphatic rings. The van der Waals surface area contributed by atoms with Crippen molar-refractivity contribution in [3.05, 3.63) is 65.7 Å². The highest BCUT2D eigenvalue weighted by Crippen LogP contribution is 2.34. The molecule has 6 nitrogen and oxygen atoms in total. The Morgan fingerprint density at radius 1 is 0.906 bits per heavy atom. The van der Waals surface area contributed by atoms with Crippen LogP contribution < -0.4 is 10.6 Å². The van der Waals surface area contributed by atoms with Crippen LogP contribution in [-0.4, -0.2) is 33.5 Å². The topological polar surface area (TPSA) is 84.0 Å². The van der Waals surface area contributed by atoms with Crippen molar-refractivity contribution < 1.29 is 22.8 Å². The van der Waals surface area contributed by atoms with Crippen molar-refractivity contribution in [2.45, 2.75) is 16.3 Å². The van der Waals surface area contributed by atoms with Gasteiger partial charge in [-0.15, -0.1) is 22.0 Å². The molecule has 1 aromatic heterocycles. The molecule has 12 heteroatoms. The van der Waals surface area contributed by atoms with E-state index in [0.29, 0.717) is 15.2 Å². The van der Waals surface area contributed by atoms with Crippen LogP contribution in [0.3, 0.4) is 0 Å². The number of amides is 2. The highest BCUT2D eigenvalue weighted by molar-refractivity contribution is 8.01. The number of hydrogen-bond acceptors (Lipinski definition) is 7. The Balaban J connectivity index is 1.43. The van der Waals surface area contributed by atoms with E-state index in [4.69, 9.17) is 0 Å². The maximum Gasteiger partial charge on any atom is 0.418 e. The van der Waals surface area contributed by atoms with Gasteiger partial charge in [-0.05, 0) is 17.7 Å². The predicted molar refractivity (Wildman–Crippen MR) is 122 cm³/mol. The number of benzene rings is 2. The Bertz CT molecular complexity index is 1060. The Kier molecular flexibility index (Phi) is 8.53. The van der Waals surface area contributed by atoms with Gasteiger partial charge in [0.2, 0.25) is 16.9 Å². The van der Waals surface area contributed by atoms with E-state index in [1.165, 1.54) is 30.0 Å². The lowest BCUT2D eigenvalue weighted by Gasteiger charge is -2.13. The summed E-state index contributed by atoms with van der Waals surface area (Å²) in [4.78, 5) is 24.1. The fourth-order valence-corrected chi connectivity index (χ4v) is 4.82. The second-order valence-electron chi connectivity index (χ2n) is 6.28. The van der Waals surface area contributed by atoms with Crippen molar-refractivity contribution >= 4 is 57.5 Å². The predicted octanol–water partition coefficient (Wildman–Crippen LogP) is 5.16. The molecule has 168 valence electrons. The van der Waals surface area contributed by atoms with Crippen LogP contribution in [0, 0.1) is 0 Å². The smallest absolute Gasteiger partial charge is 0.325 e. The molecule has 2 aromatic carbocycles. The Morgan fingerprint density at radius 3 is 2.34 bits per heavy atom. The molecule has 32 heavy (non-hydrogen) atoms. The number of carbonyl (C=O) groups is 2. The lowest BCUT2D eigenvalue weighted by Crippen LogP contribution is -2.18. The van der Waals surface area contributed by atoms with Crippen LogP contribution in [0.1, 0.15) is 11.1 Å². The number of para-hydroxylation sites is 1. The van der Waals surface area contributed by atoms with Crippen molar-refractivity contribution in [1.82, 2.24) is 10.2 Å². The molecule has 3 rings (SSSR count). The Morgan fingerprint density at radius 2 is 1.59 bits per heavy atom. The molecule has 0 bridgehead atoms. The zero-order valence-electron chi connectivity index (χ0n) is 16.4. The van der Waals surface area contributed by atoms with E-state index in [1.54, 1.807) is 0 Å². The number of hydrogen-bond donors (Lipinski definition) is 2. The van der Waals surface area contributed by atoms with Gasteiger partial charge in [0.05, 0.1) is 22.8 Å². The van der Waals surface area contributed by atoms with Crippen LogP contribution in [0.5, 0.6) is 0 Å². The number of nitrogens with zero attached hydrogens (tertiary/aromatic N) is 2. The van der Waals surface area contributed by atoms with E-state index < -0.39 is 17.6 Å². The van der Waals surface area contributed by atoms with Crippen molar-refractivity contribution in [3.8, 4) is 0 Å². The van der Waals surface area contributed by atoms with Crippen molar-refractivity contribution in [2.24, 2.45) is 0 Å². The monoisotopic (exact) mass is 498 g/mol.